The molecule has 0 unspecified atom stereocenters. The van der Waals surface area contributed by atoms with Gasteiger partial charge in [0.2, 0.25) is 5.75 Å². The zero-order valence-corrected chi connectivity index (χ0v) is 12.2. The van der Waals surface area contributed by atoms with Crippen molar-refractivity contribution in [3.8, 4) is 11.6 Å². The van der Waals surface area contributed by atoms with E-state index in [-0.39, 0.29) is 0 Å². The summed E-state index contributed by atoms with van der Waals surface area (Å²) in [4.78, 5) is 8.24. The van der Waals surface area contributed by atoms with Crippen molar-refractivity contribution in [2.24, 2.45) is 0 Å². The van der Waals surface area contributed by atoms with Crippen LogP contribution >= 0.6 is 0 Å². The van der Waals surface area contributed by atoms with Crippen LogP contribution in [0.25, 0.3) is 6.08 Å². The molecule has 2 aromatic rings. The standard InChI is InChI=1S/C16H19N3O2/c1-3-17-15-14(20-2)16(19-12-18-15)21-11-7-10-13-8-5-4-6-9-13/h4-10,12H,3,11H2,1-2H3,(H,17,18,19)/b10-7+. The van der Waals surface area contributed by atoms with E-state index in [0.29, 0.717) is 24.1 Å². The molecule has 1 N–H and O–H groups in total. The van der Waals surface area contributed by atoms with Crippen LogP contribution < -0.4 is 14.8 Å². The van der Waals surface area contributed by atoms with Gasteiger partial charge >= 0.3 is 0 Å². The van der Waals surface area contributed by atoms with Crippen molar-refractivity contribution < 1.29 is 9.47 Å². The second kappa shape index (κ2) is 7.89. The maximum Gasteiger partial charge on any atom is 0.262 e. The maximum atomic E-state index is 5.63. The zero-order valence-electron chi connectivity index (χ0n) is 12.2. The average Bonchev–Trinajstić information content (AvgIpc) is 2.53. The molecule has 0 fully saturated rings. The van der Waals surface area contributed by atoms with Crippen molar-refractivity contribution in [2.45, 2.75) is 6.92 Å². The quantitative estimate of drug-likeness (QED) is 0.847. The summed E-state index contributed by atoms with van der Waals surface area (Å²) in [6, 6.07) is 10.0. The molecule has 0 aliphatic rings. The number of ether oxygens (including phenoxy) is 2. The van der Waals surface area contributed by atoms with Gasteiger partial charge in [0.25, 0.3) is 5.88 Å². The SMILES string of the molecule is CCNc1ncnc(OC/C=C/c2ccccc2)c1OC. The highest BCUT2D eigenvalue weighted by Gasteiger charge is 2.12. The van der Waals surface area contributed by atoms with Crippen LogP contribution in [0.2, 0.25) is 0 Å². The summed E-state index contributed by atoms with van der Waals surface area (Å²) in [6.07, 6.45) is 5.39. The molecule has 1 heterocycles. The molecule has 1 aromatic heterocycles. The Morgan fingerprint density at radius 1 is 1.19 bits per heavy atom. The third-order valence-electron chi connectivity index (χ3n) is 2.75. The molecular formula is C16H19N3O2. The van der Waals surface area contributed by atoms with E-state index in [4.69, 9.17) is 9.47 Å². The van der Waals surface area contributed by atoms with Gasteiger partial charge in [-0.25, -0.2) is 4.98 Å². The number of nitrogens with one attached hydrogen (secondary N) is 1. The first kappa shape index (κ1) is 14.8. The molecule has 110 valence electrons. The molecule has 0 bridgehead atoms. The predicted octanol–water partition coefficient (Wildman–Crippen LogP) is 3.01. The molecule has 0 aliphatic carbocycles. The zero-order chi connectivity index (χ0) is 14.9. The molecule has 0 radical (unpaired) electrons. The summed E-state index contributed by atoms with van der Waals surface area (Å²) < 4.78 is 10.9. The van der Waals surface area contributed by atoms with Gasteiger partial charge < -0.3 is 14.8 Å². The minimum atomic E-state index is 0.411. The number of nitrogens with zero attached hydrogens (tertiary/aromatic N) is 2. The van der Waals surface area contributed by atoms with Gasteiger partial charge in [-0.2, -0.15) is 4.98 Å². The number of hydrogen-bond acceptors (Lipinski definition) is 5. The van der Waals surface area contributed by atoms with E-state index in [1.165, 1.54) is 6.33 Å². The van der Waals surface area contributed by atoms with Crippen molar-refractivity contribution in [1.29, 1.82) is 0 Å². The lowest BCUT2D eigenvalue weighted by atomic mass is 10.2. The minimum Gasteiger partial charge on any atom is -0.489 e. The second-order valence-electron chi connectivity index (χ2n) is 4.22. The molecule has 0 spiro atoms. The number of hydrogen-bond donors (Lipinski definition) is 1. The van der Waals surface area contributed by atoms with Crippen LogP contribution in [0.4, 0.5) is 5.82 Å². The minimum absolute atomic E-state index is 0.411. The van der Waals surface area contributed by atoms with Crippen molar-refractivity contribution in [3.05, 3.63) is 48.3 Å². The van der Waals surface area contributed by atoms with Gasteiger partial charge in [-0.15, -0.1) is 0 Å². The summed E-state index contributed by atoms with van der Waals surface area (Å²) in [7, 11) is 1.58. The predicted molar refractivity (Wildman–Crippen MR) is 83.7 cm³/mol. The van der Waals surface area contributed by atoms with Crippen molar-refractivity contribution >= 4 is 11.9 Å². The van der Waals surface area contributed by atoms with E-state index in [2.05, 4.69) is 15.3 Å². The lowest BCUT2D eigenvalue weighted by molar-refractivity contribution is 0.313. The van der Waals surface area contributed by atoms with Crippen molar-refractivity contribution in [2.75, 3.05) is 25.6 Å². The molecule has 1 aromatic carbocycles. The molecule has 0 aliphatic heterocycles. The van der Waals surface area contributed by atoms with Crippen LogP contribution in [0.15, 0.2) is 42.7 Å². The molecule has 0 saturated carbocycles. The lowest BCUT2D eigenvalue weighted by Gasteiger charge is -2.11. The third-order valence-corrected chi connectivity index (χ3v) is 2.75. The highest BCUT2D eigenvalue weighted by atomic mass is 16.5. The van der Waals surface area contributed by atoms with Crippen LogP contribution in [0, 0.1) is 0 Å². The molecule has 21 heavy (non-hydrogen) atoms. The Kier molecular flexibility index (Phi) is 5.58. The van der Waals surface area contributed by atoms with E-state index in [1.54, 1.807) is 7.11 Å². The van der Waals surface area contributed by atoms with Crippen LogP contribution in [-0.4, -0.2) is 30.2 Å². The Morgan fingerprint density at radius 3 is 2.71 bits per heavy atom. The molecule has 5 nitrogen and oxygen atoms in total. The molecule has 0 amide bonds. The molecule has 0 saturated heterocycles. The Hall–Kier alpha value is -2.56. The Morgan fingerprint density at radius 2 is 2.00 bits per heavy atom. The lowest BCUT2D eigenvalue weighted by Crippen LogP contribution is -2.06. The molecule has 2 rings (SSSR count). The van der Waals surface area contributed by atoms with Crippen molar-refractivity contribution in [3.63, 3.8) is 0 Å². The normalized spacial score (nSPS) is 10.6. The van der Waals surface area contributed by atoms with E-state index in [0.717, 1.165) is 12.1 Å². The first-order valence-electron chi connectivity index (χ1n) is 6.82. The number of methoxy groups -OCH3 is 1. The summed E-state index contributed by atoms with van der Waals surface area (Å²) in [5.74, 6) is 1.59. The fourth-order valence-electron chi connectivity index (χ4n) is 1.81. The van der Waals surface area contributed by atoms with E-state index < -0.39 is 0 Å². The van der Waals surface area contributed by atoms with Crippen LogP contribution in [0.3, 0.4) is 0 Å². The number of rotatable bonds is 7. The third kappa shape index (κ3) is 4.21. The van der Waals surface area contributed by atoms with Gasteiger partial charge in [0, 0.05) is 6.54 Å². The van der Waals surface area contributed by atoms with Crippen molar-refractivity contribution in [1.82, 2.24) is 9.97 Å². The Labute approximate surface area is 124 Å². The topological polar surface area (TPSA) is 56.3 Å². The van der Waals surface area contributed by atoms with Crippen LogP contribution in [-0.2, 0) is 0 Å². The Balaban J connectivity index is 2.00. The number of benzene rings is 1. The average molecular weight is 285 g/mol. The summed E-state index contributed by atoms with van der Waals surface area (Å²) in [6.45, 7) is 3.15. The Bertz CT molecular complexity index is 585. The van der Waals surface area contributed by atoms with Crippen LogP contribution in [0.5, 0.6) is 11.6 Å². The maximum absolute atomic E-state index is 5.63. The highest BCUT2D eigenvalue weighted by Crippen LogP contribution is 2.30. The number of anilines is 1. The number of aromatic nitrogens is 2. The molecular weight excluding hydrogens is 266 g/mol. The monoisotopic (exact) mass is 285 g/mol. The van der Waals surface area contributed by atoms with E-state index in [9.17, 15) is 0 Å². The first-order chi connectivity index (χ1) is 10.3. The summed E-state index contributed by atoms with van der Waals surface area (Å²) in [5.41, 5.74) is 1.13. The largest absolute Gasteiger partial charge is 0.489 e. The van der Waals surface area contributed by atoms with Gasteiger partial charge in [0.05, 0.1) is 7.11 Å². The highest BCUT2D eigenvalue weighted by molar-refractivity contribution is 5.55. The van der Waals surface area contributed by atoms with E-state index in [1.807, 2.05) is 49.4 Å². The summed E-state index contributed by atoms with van der Waals surface area (Å²) >= 11 is 0. The smallest absolute Gasteiger partial charge is 0.262 e. The van der Waals surface area contributed by atoms with Gasteiger partial charge in [-0.3, -0.25) is 0 Å². The second-order valence-corrected chi connectivity index (χ2v) is 4.22. The van der Waals surface area contributed by atoms with E-state index >= 15 is 0 Å². The van der Waals surface area contributed by atoms with Crippen LogP contribution in [0.1, 0.15) is 12.5 Å². The summed E-state index contributed by atoms with van der Waals surface area (Å²) in [5, 5.41) is 3.11. The molecule has 5 heteroatoms. The first-order valence-corrected chi connectivity index (χ1v) is 6.82. The fraction of sp³-hybridized carbons (Fsp3) is 0.250. The van der Waals surface area contributed by atoms with Gasteiger partial charge in [-0.1, -0.05) is 36.4 Å². The van der Waals surface area contributed by atoms with Gasteiger partial charge in [0.15, 0.2) is 5.82 Å². The fourth-order valence-corrected chi connectivity index (χ4v) is 1.81. The van der Waals surface area contributed by atoms with Gasteiger partial charge in [0.1, 0.15) is 12.9 Å². The van der Waals surface area contributed by atoms with Gasteiger partial charge in [-0.05, 0) is 18.6 Å². The molecule has 0 atom stereocenters.